The Morgan fingerprint density at radius 1 is 1.03 bits per heavy atom. The van der Waals surface area contributed by atoms with Gasteiger partial charge in [0.05, 0.1) is 19.4 Å². The van der Waals surface area contributed by atoms with Crippen molar-refractivity contribution in [2.45, 2.75) is 64.5 Å². The number of unbranched alkanes of at least 4 members (excludes halogenated alkanes) is 2. The van der Waals surface area contributed by atoms with Crippen LogP contribution in [0.25, 0.3) is 0 Å². The lowest BCUT2D eigenvalue weighted by Crippen LogP contribution is -2.44. The van der Waals surface area contributed by atoms with Gasteiger partial charge in [-0.15, -0.1) is 0 Å². The highest BCUT2D eigenvalue weighted by Gasteiger charge is 2.38. The Morgan fingerprint density at radius 3 is 2.23 bits per heavy atom. The number of likely N-dealkylation sites (tertiary alicyclic amines) is 1. The summed E-state index contributed by atoms with van der Waals surface area (Å²) in [7, 11) is 0. The molecule has 1 heterocycles. The standard InChI is InChI=1S/C19H29F3N2O6/c1-18(13-30-16(28)7-6-15(26)27)8-11-24(12-9-18)14(25)5-3-2-4-10-23-17(29)19(20,21)22/h2-13H2,1H3,(H,23,29)(H,26,27). The van der Waals surface area contributed by atoms with Gasteiger partial charge in [-0.1, -0.05) is 13.3 Å². The molecule has 0 bridgehead atoms. The Labute approximate surface area is 173 Å². The van der Waals surface area contributed by atoms with E-state index in [2.05, 4.69) is 0 Å². The van der Waals surface area contributed by atoms with Crippen molar-refractivity contribution in [2.75, 3.05) is 26.2 Å². The highest BCUT2D eigenvalue weighted by Crippen LogP contribution is 2.31. The molecular formula is C19H29F3N2O6. The molecule has 2 N–H and O–H groups in total. The molecule has 1 aliphatic heterocycles. The van der Waals surface area contributed by atoms with Gasteiger partial charge in [0.15, 0.2) is 0 Å². The number of aliphatic carboxylic acids is 1. The largest absolute Gasteiger partial charge is 0.481 e. The maximum atomic E-state index is 12.3. The predicted octanol–water partition coefficient (Wildman–Crippen LogP) is 2.26. The molecule has 0 radical (unpaired) electrons. The highest BCUT2D eigenvalue weighted by atomic mass is 19.4. The molecule has 30 heavy (non-hydrogen) atoms. The molecule has 1 rings (SSSR count). The molecule has 11 heteroatoms. The van der Waals surface area contributed by atoms with Crippen molar-refractivity contribution in [3.8, 4) is 0 Å². The van der Waals surface area contributed by atoms with Gasteiger partial charge in [0.25, 0.3) is 0 Å². The van der Waals surface area contributed by atoms with E-state index in [0.717, 1.165) is 0 Å². The Balaban J connectivity index is 2.18. The number of hydrogen-bond donors (Lipinski definition) is 2. The summed E-state index contributed by atoms with van der Waals surface area (Å²) in [5.41, 5.74) is -0.271. The molecule has 0 aromatic carbocycles. The van der Waals surface area contributed by atoms with E-state index in [1.807, 2.05) is 6.92 Å². The number of amides is 2. The minimum absolute atomic E-state index is 0.0326. The molecule has 8 nitrogen and oxygen atoms in total. The zero-order valence-electron chi connectivity index (χ0n) is 17.1. The van der Waals surface area contributed by atoms with Crippen molar-refractivity contribution in [3.63, 3.8) is 0 Å². The number of hydrogen-bond acceptors (Lipinski definition) is 5. The van der Waals surface area contributed by atoms with E-state index in [4.69, 9.17) is 9.84 Å². The van der Waals surface area contributed by atoms with Gasteiger partial charge in [-0.05, 0) is 25.7 Å². The summed E-state index contributed by atoms with van der Waals surface area (Å²) < 4.78 is 41.3. The van der Waals surface area contributed by atoms with Crippen LogP contribution in [0.5, 0.6) is 0 Å². The van der Waals surface area contributed by atoms with E-state index in [1.165, 1.54) is 0 Å². The minimum Gasteiger partial charge on any atom is -0.481 e. The summed E-state index contributed by atoms with van der Waals surface area (Å²) >= 11 is 0. The Hall–Kier alpha value is -2.33. The molecule has 0 atom stereocenters. The first-order chi connectivity index (χ1) is 13.9. The number of rotatable bonds is 11. The van der Waals surface area contributed by atoms with Crippen molar-refractivity contribution in [3.05, 3.63) is 0 Å². The van der Waals surface area contributed by atoms with Gasteiger partial charge in [0.1, 0.15) is 0 Å². The number of nitrogens with one attached hydrogen (secondary N) is 1. The summed E-state index contributed by atoms with van der Waals surface area (Å²) in [5, 5.41) is 10.4. The van der Waals surface area contributed by atoms with Crippen LogP contribution in [0, 0.1) is 5.41 Å². The first-order valence-corrected chi connectivity index (χ1v) is 9.93. The number of halogens is 3. The smallest absolute Gasteiger partial charge is 0.471 e. The quantitative estimate of drug-likeness (QED) is 0.378. The van der Waals surface area contributed by atoms with Gasteiger partial charge < -0.3 is 20.1 Å². The zero-order valence-corrected chi connectivity index (χ0v) is 17.1. The van der Waals surface area contributed by atoms with Crippen LogP contribution in [-0.4, -0.2) is 66.2 Å². The minimum atomic E-state index is -4.88. The van der Waals surface area contributed by atoms with Gasteiger partial charge in [0, 0.05) is 31.5 Å². The zero-order chi connectivity index (χ0) is 22.8. The lowest BCUT2D eigenvalue weighted by molar-refractivity contribution is -0.173. The topological polar surface area (TPSA) is 113 Å². The highest BCUT2D eigenvalue weighted by molar-refractivity contribution is 5.81. The first-order valence-electron chi connectivity index (χ1n) is 9.93. The van der Waals surface area contributed by atoms with Gasteiger partial charge >= 0.3 is 24.0 Å². The summed E-state index contributed by atoms with van der Waals surface area (Å²) in [5.74, 6) is -3.60. The average Bonchev–Trinajstić information content (AvgIpc) is 2.67. The second-order valence-electron chi connectivity index (χ2n) is 7.81. The number of carboxylic acids is 1. The Kier molecular flexibility index (Phi) is 10.1. The fourth-order valence-electron chi connectivity index (χ4n) is 3.01. The van der Waals surface area contributed by atoms with Crippen LogP contribution in [0.2, 0.25) is 0 Å². The summed E-state index contributed by atoms with van der Waals surface area (Å²) in [6.45, 7) is 3.08. The lowest BCUT2D eigenvalue weighted by Gasteiger charge is -2.39. The van der Waals surface area contributed by atoms with Crippen LogP contribution in [0.3, 0.4) is 0 Å². The molecule has 1 fully saturated rings. The van der Waals surface area contributed by atoms with E-state index in [9.17, 15) is 32.3 Å². The number of carbonyl (C=O) groups is 4. The summed E-state index contributed by atoms with van der Waals surface area (Å²) in [4.78, 5) is 46.7. The lowest BCUT2D eigenvalue weighted by atomic mass is 9.81. The van der Waals surface area contributed by atoms with E-state index in [-0.39, 0.29) is 43.7 Å². The van der Waals surface area contributed by atoms with Crippen LogP contribution in [-0.2, 0) is 23.9 Å². The molecule has 0 aromatic heterocycles. The van der Waals surface area contributed by atoms with Gasteiger partial charge in [-0.25, -0.2) is 0 Å². The molecule has 172 valence electrons. The third kappa shape index (κ3) is 9.93. The van der Waals surface area contributed by atoms with E-state index in [0.29, 0.717) is 45.2 Å². The van der Waals surface area contributed by atoms with Crippen LogP contribution in [0.15, 0.2) is 0 Å². The fourth-order valence-corrected chi connectivity index (χ4v) is 3.01. The molecule has 0 unspecified atom stereocenters. The van der Waals surface area contributed by atoms with Crippen molar-refractivity contribution < 1.29 is 42.2 Å². The number of alkyl halides is 3. The van der Waals surface area contributed by atoms with Gasteiger partial charge in [-0.3, -0.25) is 19.2 Å². The number of piperidine rings is 1. The fraction of sp³-hybridized carbons (Fsp3) is 0.789. The number of carbonyl (C=O) groups excluding carboxylic acids is 3. The van der Waals surface area contributed by atoms with Crippen LogP contribution in [0.4, 0.5) is 13.2 Å². The second kappa shape index (κ2) is 11.8. The van der Waals surface area contributed by atoms with Crippen LogP contribution in [0.1, 0.15) is 58.3 Å². The molecule has 0 saturated carbocycles. The van der Waals surface area contributed by atoms with E-state index >= 15 is 0 Å². The van der Waals surface area contributed by atoms with Crippen LogP contribution >= 0.6 is 0 Å². The Morgan fingerprint density at radius 2 is 1.67 bits per heavy atom. The maximum Gasteiger partial charge on any atom is 0.471 e. The van der Waals surface area contributed by atoms with Crippen LogP contribution < -0.4 is 5.32 Å². The molecule has 0 spiro atoms. The number of carboxylic acid groups (broad SMARTS) is 1. The maximum absolute atomic E-state index is 12.3. The second-order valence-corrected chi connectivity index (χ2v) is 7.81. The molecule has 2 amide bonds. The first kappa shape index (κ1) is 25.7. The monoisotopic (exact) mass is 438 g/mol. The molecule has 0 aromatic rings. The average molecular weight is 438 g/mol. The van der Waals surface area contributed by atoms with Gasteiger partial charge in [-0.2, -0.15) is 13.2 Å². The molecule has 0 aliphatic carbocycles. The SMILES string of the molecule is CC1(COC(=O)CCC(=O)O)CCN(C(=O)CCCCCNC(=O)C(F)(F)F)CC1. The predicted molar refractivity (Wildman–Crippen MR) is 99.3 cm³/mol. The molecular weight excluding hydrogens is 409 g/mol. The Bertz CT molecular complexity index is 616. The molecule has 1 saturated heterocycles. The summed E-state index contributed by atoms with van der Waals surface area (Å²) in [6.07, 6.45) is -2.33. The van der Waals surface area contributed by atoms with Crippen molar-refractivity contribution in [2.24, 2.45) is 5.41 Å². The number of nitrogens with zero attached hydrogens (tertiary/aromatic N) is 1. The third-order valence-corrected chi connectivity index (χ3v) is 5.06. The van der Waals surface area contributed by atoms with Crippen molar-refractivity contribution in [1.29, 1.82) is 0 Å². The third-order valence-electron chi connectivity index (χ3n) is 5.06. The van der Waals surface area contributed by atoms with E-state index in [1.54, 1.807) is 10.2 Å². The summed E-state index contributed by atoms with van der Waals surface area (Å²) in [6, 6.07) is 0. The number of esters is 1. The number of ether oxygens (including phenoxy) is 1. The van der Waals surface area contributed by atoms with Crippen molar-refractivity contribution in [1.82, 2.24) is 10.2 Å². The van der Waals surface area contributed by atoms with Crippen molar-refractivity contribution >= 4 is 23.8 Å². The van der Waals surface area contributed by atoms with Gasteiger partial charge in [0.2, 0.25) is 5.91 Å². The molecule has 1 aliphatic rings. The normalized spacial score (nSPS) is 16.1. The van der Waals surface area contributed by atoms with E-state index < -0.39 is 24.0 Å².